The zero-order chi connectivity index (χ0) is 41.9. The maximum absolute atomic E-state index is 13.7. The van der Waals surface area contributed by atoms with E-state index in [2.05, 4.69) is 39.6 Å². The van der Waals surface area contributed by atoms with E-state index in [4.69, 9.17) is 12.2 Å². The summed E-state index contributed by atoms with van der Waals surface area (Å²) >= 11 is 5.77. The van der Waals surface area contributed by atoms with Gasteiger partial charge in [-0.15, -0.1) is 0 Å². The third-order valence-corrected chi connectivity index (χ3v) is 12.5. The van der Waals surface area contributed by atoms with E-state index in [0.29, 0.717) is 23.7 Å². The Morgan fingerprint density at radius 2 is 1.67 bits per heavy atom. The van der Waals surface area contributed by atoms with Crippen molar-refractivity contribution in [2.24, 2.45) is 5.92 Å². The minimum atomic E-state index is -4.75. The number of hydrogen-bond donors (Lipinski definition) is 3. The van der Waals surface area contributed by atoms with Gasteiger partial charge in [-0.05, 0) is 127 Å². The molecule has 3 aliphatic heterocycles. The summed E-state index contributed by atoms with van der Waals surface area (Å²) in [5, 5.41) is 17.9. The van der Waals surface area contributed by atoms with Crippen LogP contribution in [-0.2, 0) is 25.4 Å². The number of carbonyl (C=O) groups is 4. The monoisotopic (exact) mass is 822 g/mol. The molecule has 0 aromatic heterocycles. The van der Waals surface area contributed by atoms with Crippen molar-refractivity contribution in [2.75, 3.05) is 41.7 Å². The van der Waals surface area contributed by atoms with Crippen molar-refractivity contribution in [1.29, 1.82) is 5.26 Å². The molecule has 4 amide bonds. The molecule has 16 heteroatoms. The molecule has 3 heterocycles. The van der Waals surface area contributed by atoms with E-state index in [9.17, 15) is 37.6 Å². The molecule has 12 nitrogen and oxygen atoms in total. The second-order valence-electron chi connectivity index (χ2n) is 16.8. The Bertz CT molecular complexity index is 1930. The average Bonchev–Trinajstić information content (AvgIpc) is 3.34. The maximum Gasteiger partial charge on any atom is 0.417 e. The van der Waals surface area contributed by atoms with Gasteiger partial charge in [0.25, 0.3) is 5.91 Å². The zero-order valence-corrected chi connectivity index (χ0v) is 34.3. The summed E-state index contributed by atoms with van der Waals surface area (Å²) in [6.45, 7) is 10.8. The summed E-state index contributed by atoms with van der Waals surface area (Å²) in [5.41, 5.74) is -1.28. The van der Waals surface area contributed by atoms with Gasteiger partial charge in [-0.1, -0.05) is 18.9 Å². The first-order valence-corrected chi connectivity index (χ1v) is 20.6. The Morgan fingerprint density at radius 3 is 2.33 bits per heavy atom. The molecule has 3 atom stereocenters. The number of anilines is 3. The predicted molar refractivity (Wildman–Crippen MR) is 219 cm³/mol. The first-order valence-electron chi connectivity index (χ1n) is 20.2. The molecular formula is C42H53F3N8O4S. The van der Waals surface area contributed by atoms with Crippen molar-refractivity contribution in [2.45, 2.75) is 121 Å². The second kappa shape index (κ2) is 17.7. The lowest BCUT2D eigenvalue weighted by molar-refractivity contribution is -0.138. The zero-order valence-electron chi connectivity index (χ0n) is 33.5. The standard InChI is InChI=1S/C42H53F3N8O4S/c1-26-23-50(24-27(2)51(26)25-37(55)48-31-10-7-9-30(20-31)47-35-17-18-36(54)49-38(35)56)19-6-5-8-28-11-14-32(15-12-28)53-40(58)52(39(57)41(53,3)4)33-16-13-29(22-46)34(21-33)42(43,44)45/h7,9-10,13,16,20-21,26-28,32,35,47H,5-6,8,11-12,14-15,17-19,23-25H2,1-4H3,(H,48,55)(H,49,54,56)/t26-,27+,28-,32-,35?. The molecule has 58 heavy (non-hydrogen) atoms. The van der Waals surface area contributed by atoms with Crippen LogP contribution in [0.25, 0.3) is 0 Å². The summed E-state index contributed by atoms with van der Waals surface area (Å²) in [6.07, 6.45) is 2.86. The Hall–Kier alpha value is -4.59. The van der Waals surface area contributed by atoms with E-state index >= 15 is 0 Å². The number of nitrogens with zero attached hydrogens (tertiary/aromatic N) is 5. The van der Waals surface area contributed by atoms with Crippen LogP contribution in [0.2, 0.25) is 0 Å². The molecule has 1 saturated carbocycles. The van der Waals surface area contributed by atoms with Crippen LogP contribution in [0.3, 0.4) is 0 Å². The van der Waals surface area contributed by atoms with Crippen LogP contribution < -0.4 is 20.9 Å². The van der Waals surface area contributed by atoms with Crippen LogP contribution in [0.5, 0.6) is 0 Å². The number of nitriles is 1. The fourth-order valence-electron chi connectivity index (χ4n) is 9.16. The van der Waals surface area contributed by atoms with Crippen LogP contribution >= 0.6 is 12.2 Å². The van der Waals surface area contributed by atoms with E-state index in [1.807, 2.05) is 23.1 Å². The lowest BCUT2D eigenvalue weighted by Crippen LogP contribution is -2.58. The van der Waals surface area contributed by atoms with Crippen molar-refractivity contribution in [3.63, 3.8) is 0 Å². The Labute approximate surface area is 343 Å². The van der Waals surface area contributed by atoms with Gasteiger partial charge in [0.2, 0.25) is 17.7 Å². The number of alkyl halides is 3. The van der Waals surface area contributed by atoms with Crippen LogP contribution in [0.4, 0.5) is 30.2 Å². The topological polar surface area (TPSA) is 141 Å². The van der Waals surface area contributed by atoms with Gasteiger partial charge in [0.05, 0.1) is 29.4 Å². The Kier molecular flexibility index (Phi) is 13.1. The summed E-state index contributed by atoms with van der Waals surface area (Å²) in [5.74, 6) is -0.555. The van der Waals surface area contributed by atoms with Gasteiger partial charge in [-0.3, -0.25) is 34.3 Å². The molecule has 4 aliphatic rings. The van der Waals surface area contributed by atoms with Crippen molar-refractivity contribution in [3.05, 3.63) is 53.6 Å². The quantitative estimate of drug-likeness (QED) is 0.128. The van der Waals surface area contributed by atoms with Gasteiger partial charge in [-0.2, -0.15) is 18.4 Å². The van der Waals surface area contributed by atoms with Gasteiger partial charge in [-0.25, -0.2) is 0 Å². The molecule has 4 fully saturated rings. The number of hydrogen-bond acceptors (Lipinski definition) is 9. The van der Waals surface area contributed by atoms with Gasteiger partial charge in [0.15, 0.2) is 5.11 Å². The summed E-state index contributed by atoms with van der Waals surface area (Å²) in [6, 6.07) is 12.0. The summed E-state index contributed by atoms with van der Waals surface area (Å²) in [7, 11) is 0. The Morgan fingerprint density at radius 1 is 0.983 bits per heavy atom. The van der Waals surface area contributed by atoms with Crippen molar-refractivity contribution in [3.8, 4) is 6.07 Å². The molecular weight excluding hydrogens is 770 g/mol. The van der Waals surface area contributed by atoms with Gasteiger partial charge < -0.3 is 20.4 Å². The van der Waals surface area contributed by atoms with E-state index in [1.54, 1.807) is 26.0 Å². The molecule has 2 aromatic carbocycles. The number of piperazine rings is 1. The van der Waals surface area contributed by atoms with Crippen LogP contribution in [-0.4, -0.2) is 99.3 Å². The smallest absolute Gasteiger partial charge is 0.374 e. The first-order chi connectivity index (χ1) is 27.5. The van der Waals surface area contributed by atoms with E-state index in [-0.39, 0.29) is 65.5 Å². The number of nitrogens with one attached hydrogen (secondary N) is 3. The number of unbranched alkanes of at least 4 members (excludes halogenated alkanes) is 1. The second-order valence-corrected chi connectivity index (χ2v) is 17.1. The van der Waals surface area contributed by atoms with Crippen molar-refractivity contribution in [1.82, 2.24) is 20.0 Å². The Balaban J connectivity index is 0.919. The van der Waals surface area contributed by atoms with E-state index < -0.39 is 28.9 Å². The molecule has 3 N–H and O–H groups in total. The number of carbonyl (C=O) groups excluding carboxylic acids is 4. The summed E-state index contributed by atoms with van der Waals surface area (Å²) < 4.78 is 41.2. The third-order valence-electron chi connectivity index (χ3n) is 12.2. The molecule has 1 unspecified atom stereocenters. The number of benzene rings is 2. The number of rotatable bonds is 12. The first kappa shape index (κ1) is 43.0. The highest BCUT2D eigenvalue weighted by atomic mass is 32.1. The fraction of sp³-hybridized carbons (Fsp3) is 0.571. The molecule has 3 saturated heterocycles. The molecule has 6 rings (SSSR count). The van der Waals surface area contributed by atoms with Crippen LogP contribution in [0.1, 0.15) is 96.6 Å². The number of thiocarbonyl (C=S) groups is 1. The number of piperidine rings is 1. The number of halogens is 3. The highest BCUT2D eigenvalue weighted by Gasteiger charge is 2.52. The average molecular weight is 823 g/mol. The highest BCUT2D eigenvalue weighted by Crippen LogP contribution is 2.41. The number of amides is 4. The molecule has 0 bridgehead atoms. The van der Waals surface area contributed by atoms with Gasteiger partial charge in [0, 0.05) is 49.0 Å². The van der Waals surface area contributed by atoms with Gasteiger partial charge in [0.1, 0.15) is 11.6 Å². The van der Waals surface area contributed by atoms with Crippen LogP contribution in [0, 0.1) is 17.2 Å². The lowest BCUT2D eigenvalue weighted by Gasteiger charge is -2.44. The molecule has 0 radical (unpaired) electrons. The fourth-order valence-corrected chi connectivity index (χ4v) is 9.73. The third kappa shape index (κ3) is 9.64. The largest absolute Gasteiger partial charge is 0.417 e. The lowest BCUT2D eigenvalue weighted by atomic mass is 9.81. The molecule has 1 aliphatic carbocycles. The molecule has 312 valence electrons. The maximum atomic E-state index is 13.7. The van der Waals surface area contributed by atoms with Crippen LogP contribution in [0.15, 0.2) is 42.5 Å². The minimum Gasteiger partial charge on any atom is -0.374 e. The van der Waals surface area contributed by atoms with E-state index in [1.165, 1.54) is 11.0 Å². The SMILES string of the molecule is C[C@@H]1CN(CCCC[C@H]2CC[C@H](N3C(=S)N(c4ccc(C#N)c(C(F)(F)F)c4)C(=O)C3(C)C)CC2)C[C@H](C)N1CC(=O)Nc1cccc(NC2CCC(=O)NC2=O)c1. The number of imide groups is 1. The summed E-state index contributed by atoms with van der Waals surface area (Å²) in [4.78, 5) is 58.2. The molecule has 0 spiro atoms. The molecule has 2 aromatic rings. The normalized spacial score (nSPS) is 25.7. The van der Waals surface area contributed by atoms with Crippen molar-refractivity contribution >= 4 is 58.0 Å². The van der Waals surface area contributed by atoms with E-state index in [0.717, 1.165) is 76.7 Å². The predicted octanol–water partition coefficient (Wildman–Crippen LogP) is 6.27. The highest BCUT2D eigenvalue weighted by molar-refractivity contribution is 7.80. The van der Waals surface area contributed by atoms with Crippen molar-refractivity contribution < 1.29 is 32.3 Å². The minimum absolute atomic E-state index is 0.00156. The van der Waals surface area contributed by atoms with Gasteiger partial charge >= 0.3 is 6.18 Å².